The molecule has 1 saturated carbocycles. The summed E-state index contributed by atoms with van der Waals surface area (Å²) in [5, 5.41) is 3.01. The third kappa shape index (κ3) is 4.90. The lowest BCUT2D eigenvalue weighted by atomic mass is 9.64. The number of hydrogen-bond acceptors (Lipinski definition) is 3. The fourth-order valence-electron chi connectivity index (χ4n) is 5.81. The molecule has 1 aliphatic carbocycles. The Kier molecular flexibility index (Phi) is 6.86. The number of carbonyl (C=O) groups excluding carboxylic acids is 2. The van der Waals surface area contributed by atoms with E-state index in [4.69, 9.17) is 0 Å². The summed E-state index contributed by atoms with van der Waals surface area (Å²) in [5.74, 6) is 0.243. The monoisotopic (exact) mass is 461 g/mol. The van der Waals surface area contributed by atoms with Gasteiger partial charge in [-0.05, 0) is 69.3 Å². The molecule has 0 atom stereocenters. The van der Waals surface area contributed by atoms with Crippen molar-refractivity contribution in [2.45, 2.75) is 57.9 Å². The Balaban J connectivity index is 1.36. The first-order valence-corrected chi connectivity index (χ1v) is 12.5. The number of para-hydroxylation sites is 1. The molecule has 1 heterocycles. The van der Waals surface area contributed by atoms with E-state index in [1.807, 2.05) is 49.1 Å². The van der Waals surface area contributed by atoms with Gasteiger partial charge in [-0.3, -0.25) is 14.5 Å². The normalized spacial score (nSPS) is 25.2. The minimum Gasteiger partial charge on any atom is -0.342 e. The first-order valence-electron chi connectivity index (χ1n) is 12.5. The minimum absolute atomic E-state index is 0.00338. The van der Waals surface area contributed by atoms with Crippen molar-refractivity contribution in [1.29, 1.82) is 0 Å². The molecule has 5 nitrogen and oxygen atoms in total. The lowest BCUT2D eigenvalue weighted by Gasteiger charge is -2.49. The molecule has 182 valence electrons. The zero-order valence-corrected chi connectivity index (χ0v) is 21.1. The van der Waals surface area contributed by atoms with E-state index in [2.05, 4.69) is 54.6 Å². The molecule has 1 spiro atoms. The largest absolute Gasteiger partial charge is 0.342 e. The zero-order valence-electron chi connectivity index (χ0n) is 21.1. The Hall–Kier alpha value is -2.66. The topological polar surface area (TPSA) is 52.7 Å². The molecule has 0 radical (unpaired) electrons. The van der Waals surface area contributed by atoms with Crippen molar-refractivity contribution in [3.63, 3.8) is 0 Å². The lowest BCUT2D eigenvalue weighted by molar-refractivity contribution is -0.130. The maximum absolute atomic E-state index is 13.0. The number of rotatable bonds is 7. The van der Waals surface area contributed by atoms with Crippen LogP contribution < -0.4 is 5.32 Å². The van der Waals surface area contributed by atoms with Crippen LogP contribution in [0, 0.1) is 10.8 Å². The molecule has 2 aliphatic rings. The van der Waals surface area contributed by atoms with Crippen LogP contribution in [0.5, 0.6) is 0 Å². The Morgan fingerprint density at radius 2 is 1.56 bits per heavy atom. The molecule has 0 unspecified atom stereocenters. The van der Waals surface area contributed by atoms with E-state index in [9.17, 15) is 9.59 Å². The standard InChI is InChI=1S/C29H39N3O2/c1-27(2,26(34)30-24-13-9-6-10-14-24)19-20-32-22-28(21-25(32)33)15-17-29(18-16-28,31(3)4)23-11-7-5-8-12-23/h5-14H,15-22H2,1-4H3,(H,30,34). The highest BCUT2D eigenvalue weighted by molar-refractivity contribution is 5.94. The van der Waals surface area contributed by atoms with Crippen molar-refractivity contribution in [2.75, 3.05) is 32.5 Å². The van der Waals surface area contributed by atoms with Gasteiger partial charge in [-0.2, -0.15) is 0 Å². The van der Waals surface area contributed by atoms with Crippen molar-refractivity contribution in [2.24, 2.45) is 10.8 Å². The van der Waals surface area contributed by atoms with Crippen LogP contribution in [-0.2, 0) is 15.1 Å². The maximum Gasteiger partial charge on any atom is 0.230 e. The Morgan fingerprint density at radius 1 is 0.971 bits per heavy atom. The Bertz CT molecular complexity index is 993. The van der Waals surface area contributed by atoms with Crippen LogP contribution in [0.15, 0.2) is 60.7 Å². The smallest absolute Gasteiger partial charge is 0.230 e. The second kappa shape index (κ2) is 9.53. The van der Waals surface area contributed by atoms with E-state index in [0.717, 1.165) is 37.9 Å². The predicted molar refractivity (Wildman–Crippen MR) is 137 cm³/mol. The molecule has 34 heavy (non-hydrogen) atoms. The van der Waals surface area contributed by atoms with Crippen LogP contribution in [0.3, 0.4) is 0 Å². The highest BCUT2D eigenvalue weighted by Gasteiger charge is 2.50. The molecule has 1 aliphatic heterocycles. The van der Waals surface area contributed by atoms with Gasteiger partial charge in [0.05, 0.1) is 0 Å². The van der Waals surface area contributed by atoms with Crippen LogP contribution in [0.2, 0.25) is 0 Å². The summed E-state index contributed by atoms with van der Waals surface area (Å²) in [6.07, 6.45) is 5.54. The second-order valence-corrected chi connectivity index (χ2v) is 11.2. The third-order valence-electron chi connectivity index (χ3n) is 8.36. The molecule has 0 aromatic heterocycles. The fourth-order valence-corrected chi connectivity index (χ4v) is 5.81. The molecule has 4 rings (SSSR count). The molecular formula is C29H39N3O2. The summed E-state index contributed by atoms with van der Waals surface area (Å²) in [4.78, 5) is 30.3. The lowest BCUT2D eigenvalue weighted by Crippen LogP contribution is -2.47. The molecule has 5 heteroatoms. The predicted octanol–water partition coefficient (Wildman–Crippen LogP) is 5.29. The van der Waals surface area contributed by atoms with Crippen LogP contribution >= 0.6 is 0 Å². The Morgan fingerprint density at radius 3 is 2.15 bits per heavy atom. The summed E-state index contributed by atoms with van der Waals surface area (Å²) in [6.45, 7) is 5.38. The number of anilines is 1. The molecule has 0 bridgehead atoms. The van der Waals surface area contributed by atoms with E-state index in [-0.39, 0.29) is 22.8 Å². The minimum atomic E-state index is -0.550. The SMILES string of the molecule is CN(C)C1(c2ccccc2)CCC2(CC1)CC(=O)N(CCC(C)(C)C(=O)Nc1ccccc1)C2. The van der Waals surface area contributed by atoms with Crippen molar-refractivity contribution < 1.29 is 9.59 Å². The van der Waals surface area contributed by atoms with Gasteiger partial charge in [-0.1, -0.05) is 62.4 Å². The molecule has 2 amide bonds. The molecular weight excluding hydrogens is 422 g/mol. The number of nitrogens with one attached hydrogen (secondary N) is 1. The summed E-state index contributed by atoms with van der Waals surface area (Å²) in [7, 11) is 4.36. The zero-order chi connectivity index (χ0) is 24.4. The molecule has 1 N–H and O–H groups in total. The van der Waals surface area contributed by atoms with E-state index in [1.165, 1.54) is 5.56 Å². The number of carbonyl (C=O) groups is 2. The molecule has 1 saturated heterocycles. The quantitative estimate of drug-likeness (QED) is 0.609. The highest BCUT2D eigenvalue weighted by atomic mass is 16.2. The van der Waals surface area contributed by atoms with Crippen LogP contribution in [0.25, 0.3) is 0 Å². The average Bonchev–Trinajstić information content (AvgIpc) is 3.14. The van der Waals surface area contributed by atoms with E-state index in [1.54, 1.807) is 0 Å². The van der Waals surface area contributed by atoms with Gasteiger partial charge >= 0.3 is 0 Å². The van der Waals surface area contributed by atoms with Crippen LogP contribution in [0.4, 0.5) is 5.69 Å². The van der Waals surface area contributed by atoms with Gasteiger partial charge in [0.25, 0.3) is 0 Å². The molecule has 2 aromatic carbocycles. The number of likely N-dealkylation sites (tertiary alicyclic amines) is 1. The number of hydrogen-bond donors (Lipinski definition) is 1. The van der Waals surface area contributed by atoms with Gasteiger partial charge in [0, 0.05) is 36.2 Å². The van der Waals surface area contributed by atoms with Crippen LogP contribution in [-0.4, -0.2) is 48.8 Å². The van der Waals surface area contributed by atoms with Gasteiger partial charge in [-0.25, -0.2) is 0 Å². The first kappa shape index (κ1) is 24.5. The van der Waals surface area contributed by atoms with E-state index >= 15 is 0 Å². The first-order chi connectivity index (χ1) is 16.2. The van der Waals surface area contributed by atoms with Gasteiger partial charge in [0.1, 0.15) is 0 Å². The summed E-state index contributed by atoms with van der Waals surface area (Å²) < 4.78 is 0. The number of benzene rings is 2. The fraction of sp³-hybridized carbons (Fsp3) is 0.517. The number of nitrogens with zero attached hydrogens (tertiary/aromatic N) is 2. The van der Waals surface area contributed by atoms with Gasteiger partial charge in [0.15, 0.2) is 0 Å². The van der Waals surface area contributed by atoms with Gasteiger partial charge in [0.2, 0.25) is 11.8 Å². The highest BCUT2D eigenvalue weighted by Crippen LogP contribution is 2.52. The van der Waals surface area contributed by atoms with Crippen molar-refractivity contribution in [1.82, 2.24) is 9.80 Å². The van der Waals surface area contributed by atoms with Crippen molar-refractivity contribution in [3.05, 3.63) is 66.2 Å². The van der Waals surface area contributed by atoms with Gasteiger partial charge < -0.3 is 10.2 Å². The second-order valence-electron chi connectivity index (χ2n) is 11.2. The maximum atomic E-state index is 13.0. The summed E-state index contributed by atoms with van der Waals surface area (Å²) in [5.41, 5.74) is 1.75. The summed E-state index contributed by atoms with van der Waals surface area (Å²) in [6, 6.07) is 20.4. The third-order valence-corrected chi connectivity index (χ3v) is 8.36. The summed E-state index contributed by atoms with van der Waals surface area (Å²) >= 11 is 0. The van der Waals surface area contributed by atoms with Gasteiger partial charge in [-0.15, -0.1) is 0 Å². The van der Waals surface area contributed by atoms with Crippen molar-refractivity contribution >= 4 is 17.5 Å². The Labute approximate surface area is 204 Å². The average molecular weight is 462 g/mol. The van der Waals surface area contributed by atoms with E-state index < -0.39 is 5.41 Å². The molecule has 2 aromatic rings. The molecule has 2 fully saturated rings. The van der Waals surface area contributed by atoms with Crippen molar-refractivity contribution in [3.8, 4) is 0 Å². The van der Waals surface area contributed by atoms with Crippen LogP contribution in [0.1, 0.15) is 57.9 Å². The van der Waals surface area contributed by atoms with E-state index in [0.29, 0.717) is 19.4 Å². The number of amides is 2.